The van der Waals surface area contributed by atoms with E-state index in [0.717, 1.165) is 5.69 Å². The molecule has 0 spiro atoms. The van der Waals surface area contributed by atoms with E-state index in [1.807, 2.05) is 6.07 Å². The number of likely N-dealkylation sites (N-methyl/N-ethyl adjacent to an activating group) is 1. The number of nitrogens with zero attached hydrogens (tertiary/aromatic N) is 5. The summed E-state index contributed by atoms with van der Waals surface area (Å²) in [7, 11) is 3.30. The number of aromatic nitrogens is 4. The van der Waals surface area contributed by atoms with Gasteiger partial charge in [0.05, 0.1) is 18.8 Å². The standard InChI is InChI=1S/C13H16N6O2/c1-14-12(20)11-8-18(7-9-3-5-16-19(9)11)13(21)10-4-6-15-17(10)2/h3-6,11H,7-8H2,1-2H3,(H,14,20)/t11-/m0/s1. The number of carbonyl (C=O) groups excluding carboxylic acids is 2. The smallest absolute Gasteiger partial charge is 0.272 e. The highest BCUT2D eigenvalue weighted by Crippen LogP contribution is 2.22. The van der Waals surface area contributed by atoms with Crippen molar-refractivity contribution in [3.8, 4) is 0 Å². The molecule has 0 aromatic carbocycles. The largest absolute Gasteiger partial charge is 0.357 e. The summed E-state index contributed by atoms with van der Waals surface area (Å²) in [6.07, 6.45) is 3.22. The molecular weight excluding hydrogens is 272 g/mol. The quantitative estimate of drug-likeness (QED) is 0.812. The van der Waals surface area contributed by atoms with Crippen LogP contribution >= 0.6 is 0 Å². The lowest BCUT2D eigenvalue weighted by atomic mass is 10.1. The molecule has 0 radical (unpaired) electrons. The maximum atomic E-state index is 12.6. The van der Waals surface area contributed by atoms with E-state index < -0.39 is 6.04 Å². The molecule has 0 unspecified atom stereocenters. The second-order valence-electron chi connectivity index (χ2n) is 4.92. The summed E-state index contributed by atoms with van der Waals surface area (Å²) in [6.45, 7) is 0.718. The number of rotatable bonds is 2. The van der Waals surface area contributed by atoms with Gasteiger partial charge in [0.1, 0.15) is 11.7 Å². The fourth-order valence-electron chi connectivity index (χ4n) is 2.55. The summed E-state index contributed by atoms with van der Waals surface area (Å²) in [5.74, 6) is -0.307. The molecule has 2 aromatic heterocycles. The Balaban J connectivity index is 1.91. The lowest BCUT2D eigenvalue weighted by Gasteiger charge is -2.32. The van der Waals surface area contributed by atoms with E-state index in [2.05, 4.69) is 15.5 Å². The molecule has 8 heteroatoms. The van der Waals surface area contributed by atoms with Gasteiger partial charge in [-0.05, 0) is 12.1 Å². The highest BCUT2D eigenvalue weighted by atomic mass is 16.2. The number of fused-ring (bicyclic) bond motifs is 1. The topological polar surface area (TPSA) is 85.1 Å². The summed E-state index contributed by atoms with van der Waals surface area (Å²) >= 11 is 0. The van der Waals surface area contributed by atoms with Crippen molar-refractivity contribution in [1.82, 2.24) is 29.8 Å². The van der Waals surface area contributed by atoms with Gasteiger partial charge in [-0.1, -0.05) is 0 Å². The molecule has 2 amide bonds. The van der Waals surface area contributed by atoms with E-state index in [4.69, 9.17) is 0 Å². The van der Waals surface area contributed by atoms with E-state index in [0.29, 0.717) is 18.8 Å². The van der Waals surface area contributed by atoms with Gasteiger partial charge in [0.15, 0.2) is 0 Å². The van der Waals surface area contributed by atoms with Crippen LogP contribution in [0.15, 0.2) is 24.5 Å². The van der Waals surface area contributed by atoms with Crippen LogP contribution in [0.2, 0.25) is 0 Å². The molecule has 2 aromatic rings. The zero-order valence-corrected chi connectivity index (χ0v) is 11.9. The lowest BCUT2D eigenvalue weighted by molar-refractivity contribution is -0.125. The Morgan fingerprint density at radius 1 is 1.29 bits per heavy atom. The molecule has 0 saturated heterocycles. The Bertz CT molecular complexity index is 688. The van der Waals surface area contributed by atoms with E-state index in [1.54, 1.807) is 42.1 Å². The van der Waals surface area contributed by atoms with Gasteiger partial charge < -0.3 is 10.2 Å². The van der Waals surface area contributed by atoms with E-state index in [1.165, 1.54) is 4.68 Å². The van der Waals surface area contributed by atoms with Crippen LogP contribution in [0, 0.1) is 0 Å². The molecular formula is C13H16N6O2. The van der Waals surface area contributed by atoms with Crippen molar-refractivity contribution in [1.29, 1.82) is 0 Å². The fourth-order valence-corrected chi connectivity index (χ4v) is 2.55. The van der Waals surface area contributed by atoms with Crippen LogP contribution in [0.1, 0.15) is 22.2 Å². The SMILES string of the molecule is CNC(=O)[C@@H]1CN(C(=O)c2ccnn2C)Cc2ccnn21. The van der Waals surface area contributed by atoms with Gasteiger partial charge in [-0.3, -0.25) is 19.0 Å². The van der Waals surface area contributed by atoms with Crippen molar-refractivity contribution >= 4 is 11.8 Å². The van der Waals surface area contributed by atoms with Crippen molar-refractivity contribution in [2.24, 2.45) is 7.05 Å². The number of carbonyl (C=O) groups is 2. The number of hydrogen-bond donors (Lipinski definition) is 1. The third-order valence-corrected chi connectivity index (χ3v) is 3.67. The number of nitrogens with one attached hydrogen (secondary N) is 1. The molecule has 0 aliphatic carbocycles. The fraction of sp³-hybridized carbons (Fsp3) is 0.385. The molecule has 1 aliphatic heterocycles. The van der Waals surface area contributed by atoms with Gasteiger partial charge >= 0.3 is 0 Å². The molecule has 0 fully saturated rings. The Hall–Kier alpha value is -2.64. The molecule has 1 N–H and O–H groups in total. The monoisotopic (exact) mass is 288 g/mol. The number of hydrogen-bond acceptors (Lipinski definition) is 4. The molecule has 1 atom stereocenters. The molecule has 1 aliphatic rings. The van der Waals surface area contributed by atoms with Crippen LogP contribution in [-0.2, 0) is 18.4 Å². The van der Waals surface area contributed by atoms with Gasteiger partial charge in [0, 0.05) is 26.5 Å². The second-order valence-corrected chi connectivity index (χ2v) is 4.92. The van der Waals surface area contributed by atoms with Gasteiger partial charge in [-0.25, -0.2) is 0 Å². The summed E-state index contributed by atoms with van der Waals surface area (Å²) in [5, 5.41) is 10.8. The summed E-state index contributed by atoms with van der Waals surface area (Å²) in [4.78, 5) is 26.2. The van der Waals surface area contributed by atoms with Crippen LogP contribution in [0.4, 0.5) is 0 Å². The molecule has 110 valence electrons. The zero-order chi connectivity index (χ0) is 15.0. The van der Waals surface area contributed by atoms with Crippen molar-refractivity contribution in [3.63, 3.8) is 0 Å². The van der Waals surface area contributed by atoms with Gasteiger partial charge in [-0.2, -0.15) is 10.2 Å². The number of amides is 2. The predicted molar refractivity (Wildman–Crippen MR) is 73.3 cm³/mol. The normalized spacial score (nSPS) is 17.4. The average molecular weight is 288 g/mol. The van der Waals surface area contributed by atoms with E-state index in [-0.39, 0.29) is 11.8 Å². The van der Waals surface area contributed by atoms with Gasteiger partial charge in [0.2, 0.25) is 5.91 Å². The number of aryl methyl sites for hydroxylation is 1. The van der Waals surface area contributed by atoms with Crippen molar-refractivity contribution < 1.29 is 9.59 Å². The van der Waals surface area contributed by atoms with E-state index >= 15 is 0 Å². The van der Waals surface area contributed by atoms with Crippen LogP contribution in [0.3, 0.4) is 0 Å². The first-order valence-electron chi connectivity index (χ1n) is 6.63. The van der Waals surface area contributed by atoms with Crippen molar-refractivity contribution in [2.75, 3.05) is 13.6 Å². The third kappa shape index (κ3) is 2.18. The molecule has 21 heavy (non-hydrogen) atoms. The van der Waals surface area contributed by atoms with Crippen molar-refractivity contribution in [2.45, 2.75) is 12.6 Å². The maximum Gasteiger partial charge on any atom is 0.272 e. The first-order valence-corrected chi connectivity index (χ1v) is 6.63. The molecule has 3 heterocycles. The minimum atomic E-state index is -0.508. The Morgan fingerprint density at radius 2 is 2.05 bits per heavy atom. The molecule has 0 saturated carbocycles. The van der Waals surface area contributed by atoms with Crippen LogP contribution in [0.5, 0.6) is 0 Å². The van der Waals surface area contributed by atoms with Crippen LogP contribution in [-0.4, -0.2) is 49.9 Å². The molecule has 8 nitrogen and oxygen atoms in total. The Morgan fingerprint density at radius 3 is 2.71 bits per heavy atom. The molecule has 3 rings (SSSR count). The first kappa shape index (κ1) is 13.3. The highest BCUT2D eigenvalue weighted by molar-refractivity contribution is 5.93. The minimum Gasteiger partial charge on any atom is -0.357 e. The van der Waals surface area contributed by atoms with Crippen LogP contribution in [0.25, 0.3) is 0 Å². The molecule has 0 bridgehead atoms. The van der Waals surface area contributed by atoms with E-state index in [9.17, 15) is 9.59 Å². The average Bonchev–Trinajstić information content (AvgIpc) is 3.12. The summed E-state index contributed by atoms with van der Waals surface area (Å²) < 4.78 is 3.20. The Kier molecular flexibility index (Phi) is 3.20. The zero-order valence-electron chi connectivity index (χ0n) is 11.9. The first-order chi connectivity index (χ1) is 10.1. The summed E-state index contributed by atoms with van der Waals surface area (Å²) in [6, 6.07) is 2.98. The minimum absolute atomic E-state index is 0.142. The van der Waals surface area contributed by atoms with Gasteiger partial charge in [0.25, 0.3) is 5.91 Å². The van der Waals surface area contributed by atoms with Crippen LogP contribution < -0.4 is 5.32 Å². The highest BCUT2D eigenvalue weighted by Gasteiger charge is 2.33. The van der Waals surface area contributed by atoms with Gasteiger partial charge in [-0.15, -0.1) is 0 Å². The third-order valence-electron chi connectivity index (χ3n) is 3.67. The maximum absolute atomic E-state index is 12.6. The lowest BCUT2D eigenvalue weighted by Crippen LogP contribution is -2.46. The Labute approximate surface area is 121 Å². The van der Waals surface area contributed by atoms with Crippen molar-refractivity contribution in [3.05, 3.63) is 35.9 Å². The predicted octanol–water partition coefficient (Wildman–Crippen LogP) is -0.440. The summed E-state index contributed by atoms with van der Waals surface area (Å²) in [5.41, 5.74) is 1.34. The second kappa shape index (κ2) is 5.04.